The molecule has 0 aliphatic heterocycles. The van der Waals surface area contributed by atoms with Gasteiger partial charge < -0.3 is 45.9 Å². The van der Waals surface area contributed by atoms with E-state index in [9.17, 15) is 49.2 Å². The van der Waals surface area contributed by atoms with Gasteiger partial charge in [-0.2, -0.15) is 15.4 Å². The van der Waals surface area contributed by atoms with Crippen molar-refractivity contribution in [2.75, 3.05) is 29.2 Å². The van der Waals surface area contributed by atoms with Crippen LogP contribution in [0.4, 0.5) is 17.1 Å². The number of amides is 3. The van der Waals surface area contributed by atoms with Gasteiger partial charge in [0.1, 0.15) is 11.3 Å². The number of anilines is 3. The molecule has 0 saturated carbocycles. The van der Waals surface area contributed by atoms with Crippen LogP contribution in [0.15, 0.2) is 109 Å². The number of aromatic amines is 1. The number of rotatable bonds is 20. The molecule has 0 bridgehead atoms. The highest BCUT2D eigenvalue weighted by Gasteiger charge is 2.26. The van der Waals surface area contributed by atoms with Gasteiger partial charge in [-0.1, -0.05) is 36.4 Å². The summed E-state index contributed by atoms with van der Waals surface area (Å²) >= 11 is 0. The van der Waals surface area contributed by atoms with E-state index in [1.165, 1.54) is 60.8 Å². The van der Waals surface area contributed by atoms with E-state index >= 15 is 0 Å². The summed E-state index contributed by atoms with van der Waals surface area (Å²) in [6, 6.07) is 23.9. The molecule has 1 aromatic heterocycles. The lowest BCUT2D eigenvalue weighted by atomic mass is 9.92. The summed E-state index contributed by atoms with van der Waals surface area (Å²) < 4.78 is 11.0. The second-order valence-corrected chi connectivity index (χ2v) is 15.0. The van der Waals surface area contributed by atoms with Gasteiger partial charge in [-0.05, 0) is 104 Å². The predicted octanol–water partition coefficient (Wildman–Crippen LogP) is 7.21. The molecule has 0 aliphatic rings. The van der Waals surface area contributed by atoms with E-state index in [4.69, 9.17) is 9.47 Å². The molecule has 0 spiro atoms. The Kier molecular flexibility index (Phi) is 15.5. The van der Waals surface area contributed by atoms with E-state index in [1.807, 2.05) is 0 Å². The van der Waals surface area contributed by atoms with E-state index in [2.05, 4.69) is 31.4 Å². The number of carboxylic acid groups (broad SMARTS) is 1. The van der Waals surface area contributed by atoms with Crippen LogP contribution in [0.1, 0.15) is 85.4 Å². The number of aromatic carboxylic acids is 1. The van der Waals surface area contributed by atoms with Crippen LogP contribution >= 0.6 is 0 Å². The number of phenolic OH excluding ortho intramolecular Hbond substituents is 2. The number of ketones is 2. The van der Waals surface area contributed by atoms with Crippen molar-refractivity contribution in [2.24, 2.45) is 5.92 Å². The SMILES string of the molecule is CCOc1c(NC(=O)c2ccc(NC(=O)c3ccc(NC(=O)[C@@H](CC(=O)c4ccc(CC(=O)/C(C)=C/c5ccc(O)cc5)cc4)Cc4cn[nH]n4)cc3)c(OCC)c2O)ccc(C(=O)O)c1O. The molecule has 6 aromatic rings. The normalized spacial score (nSPS) is 11.5. The molecule has 8 N–H and O–H groups in total. The lowest BCUT2D eigenvalue weighted by Gasteiger charge is -2.17. The van der Waals surface area contributed by atoms with Crippen molar-refractivity contribution in [2.45, 2.75) is 40.0 Å². The Morgan fingerprint density at radius 1 is 0.701 bits per heavy atom. The van der Waals surface area contributed by atoms with E-state index in [1.54, 1.807) is 63.2 Å². The molecule has 344 valence electrons. The fourth-order valence-corrected chi connectivity index (χ4v) is 6.82. The number of nitrogens with zero attached hydrogens (tertiary/aromatic N) is 2. The molecule has 3 amide bonds. The first-order chi connectivity index (χ1) is 32.1. The molecule has 0 saturated heterocycles. The maximum atomic E-state index is 13.7. The van der Waals surface area contributed by atoms with E-state index in [0.717, 1.165) is 11.6 Å². The first-order valence-electron chi connectivity index (χ1n) is 20.9. The first kappa shape index (κ1) is 47.7. The highest BCUT2D eigenvalue weighted by molar-refractivity contribution is 6.10. The zero-order valence-corrected chi connectivity index (χ0v) is 36.5. The lowest BCUT2D eigenvalue weighted by Crippen LogP contribution is -2.27. The lowest BCUT2D eigenvalue weighted by molar-refractivity contribution is -0.120. The maximum absolute atomic E-state index is 13.7. The summed E-state index contributed by atoms with van der Waals surface area (Å²) in [6.45, 7) is 5.01. The Bertz CT molecular complexity index is 2820. The smallest absolute Gasteiger partial charge is 0.339 e. The van der Waals surface area contributed by atoms with Crippen molar-refractivity contribution in [3.05, 3.63) is 148 Å². The number of aromatic nitrogens is 3. The number of phenols is 3. The summed E-state index contributed by atoms with van der Waals surface area (Å²) in [5, 5.41) is 58.8. The number of ether oxygens (including phenoxy) is 2. The summed E-state index contributed by atoms with van der Waals surface area (Å²) in [7, 11) is 0. The number of hydrogen-bond donors (Lipinski definition) is 8. The van der Waals surface area contributed by atoms with E-state index in [-0.39, 0.29) is 83.8 Å². The van der Waals surface area contributed by atoms with Gasteiger partial charge in [0.25, 0.3) is 11.8 Å². The number of carboxylic acids is 1. The molecular weight excluding hydrogens is 865 g/mol. The van der Waals surface area contributed by atoms with Crippen LogP contribution < -0.4 is 25.4 Å². The van der Waals surface area contributed by atoms with Gasteiger partial charge in [0.05, 0.1) is 48.0 Å². The number of hydrogen-bond acceptors (Lipinski definition) is 13. The van der Waals surface area contributed by atoms with Crippen molar-refractivity contribution >= 4 is 58.4 Å². The fraction of sp³-hybridized carbons (Fsp3) is 0.184. The van der Waals surface area contributed by atoms with Crippen LogP contribution in [0, 0.1) is 5.92 Å². The van der Waals surface area contributed by atoms with Crippen LogP contribution in [-0.2, 0) is 22.4 Å². The maximum Gasteiger partial charge on any atom is 0.339 e. The van der Waals surface area contributed by atoms with Crippen LogP contribution in [0.5, 0.6) is 28.7 Å². The Morgan fingerprint density at radius 2 is 1.28 bits per heavy atom. The molecular formula is C49H46N6O12. The van der Waals surface area contributed by atoms with Crippen LogP contribution in [0.25, 0.3) is 6.08 Å². The number of carbonyl (C=O) groups excluding carboxylic acids is 5. The predicted molar refractivity (Wildman–Crippen MR) is 246 cm³/mol. The van der Waals surface area contributed by atoms with Gasteiger partial charge >= 0.3 is 5.97 Å². The van der Waals surface area contributed by atoms with Gasteiger partial charge in [-0.15, -0.1) is 0 Å². The average Bonchev–Trinajstić information content (AvgIpc) is 3.83. The highest BCUT2D eigenvalue weighted by Crippen LogP contribution is 2.41. The molecule has 0 aliphatic carbocycles. The number of H-pyrrole nitrogens is 1. The third-order valence-corrected chi connectivity index (χ3v) is 10.3. The molecule has 18 nitrogen and oxygen atoms in total. The third kappa shape index (κ3) is 12.1. The first-order valence-corrected chi connectivity index (χ1v) is 20.9. The Morgan fingerprint density at radius 3 is 1.87 bits per heavy atom. The fourth-order valence-electron chi connectivity index (χ4n) is 6.82. The molecule has 5 aromatic carbocycles. The monoisotopic (exact) mass is 910 g/mol. The van der Waals surface area contributed by atoms with Crippen molar-refractivity contribution in [3.8, 4) is 28.7 Å². The molecule has 1 atom stereocenters. The van der Waals surface area contributed by atoms with E-state index < -0.39 is 46.7 Å². The van der Waals surface area contributed by atoms with Crippen molar-refractivity contribution < 1.29 is 58.7 Å². The molecule has 0 fully saturated rings. The van der Waals surface area contributed by atoms with Crippen molar-refractivity contribution in [1.82, 2.24) is 15.4 Å². The van der Waals surface area contributed by atoms with Gasteiger partial charge in [0.2, 0.25) is 5.91 Å². The molecule has 6 rings (SSSR count). The number of benzene rings is 5. The number of allylic oxidation sites excluding steroid dienone is 1. The summed E-state index contributed by atoms with van der Waals surface area (Å²) in [5.74, 6) is -6.38. The van der Waals surface area contributed by atoms with E-state index in [0.29, 0.717) is 28.1 Å². The number of Topliss-reactive ketones (excluding diaryl/α,β-unsaturated/α-hetero) is 2. The Balaban J connectivity index is 1.10. The van der Waals surface area contributed by atoms with Gasteiger partial charge in [-0.3, -0.25) is 24.0 Å². The van der Waals surface area contributed by atoms with Gasteiger partial charge in [-0.25, -0.2) is 4.79 Å². The molecule has 1 heterocycles. The quantitative estimate of drug-likeness (QED) is 0.0278. The summed E-state index contributed by atoms with van der Waals surface area (Å²) in [4.78, 5) is 78.4. The minimum Gasteiger partial charge on any atom is -0.508 e. The standard InChI is InChI=1S/C49H46N6O12/c1-4-66-44-38(20-18-36(42(44)59)48(63)53-39-21-19-37(49(64)65)43(60)45(39)67-5-2)52-46(61)31-12-14-33(15-13-31)51-47(62)32(24-34-26-50-55-54-34)25-41(58)30-10-6-29(7-11-30)23-40(57)27(3)22-28-8-16-35(56)17-9-28/h6-22,26,32,56,59-60H,4-5,23-25H2,1-3H3,(H,51,62)(H,52,61)(H,53,63)(H,64,65)(H,50,54,55)/b27-22+/t32-/m1/s1. The molecule has 0 radical (unpaired) electrons. The summed E-state index contributed by atoms with van der Waals surface area (Å²) in [5.41, 5.74) is 2.52. The zero-order valence-electron chi connectivity index (χ0n) is 36.5. The second-order valence-electron chi connectivity index (χ2n) is 15.0. The summed E-state index contributed by atoms with van der Waals surface area (Å²) in [6.07, 6.45) is 3.20. The van der Waals surface area contributed by atoms with Crippen LogP contribution in [0.3, 0.4) is 0 Å². The van der Waals surface area contributed by atoms with Crippen molar-refractivity contribution in [3.63, 3.8) is 0 Å². The second kappa shape index (κ2) is 21.7. The zero-order chi connectivity index (χ0) is 48.2. The number of aromatic hydroxyl groups is 3. The Hall–Kier alpha value is -8.80. The van der Waals surface area contributed by atoms with Crippen LogP contribution in [0.2, 0.25) is 0 Å². The molecule has 0 unspecified atom stereocenters. The molecule has 67 heavy (non-hydrogen) atoms. The minimum absolute atomic E-state index is 0.0226. The molecule has 18 heteroatoms. The third-order valence-electron chi connectivity index (χ3n) is 10.3. The minimum atomic E-state index is -1.41. The van der Waals surface area contributed by atoms with Gasteiger partial charge in [0.15, 0.2) is 34.6 Å². The average molecular weight is 911 g/mol. The Labute approximate surface area is 383 Å². The number of nitrogens with one attached hydrogen (secondary N) is 4. The van der Waals surface area contributed by atoms with Crippen molar-refractivity contribution in [1.29, 1.82) is 0 Å². The van der Waals surface area contributed by atoms with Crippen LogP contribution in [-0.4, -0.2) is 84.3 Å². The number of carbonyl (C=O) groups is 6. The van der Waals surface area contributed by atoms with Gasteiger partial charge in [0, 0.05) is 36.1 Å². The topological polar surface area (TPSA) is 279 Å². The largest absolute Gasteiger partial charge is 0.508 e. The highest BCUT2D eigenvalue weighted by atomic mass is 16.5.